The maximum Gasteiger partial charge on any atom is 0.244 e. The van der Waals surface area contributed by atoms with Gasteiger partial charge in [-0.2, -0.15) is 0 Å². The molecular formula is C15H20N4O. The summed E-state index contributed by atoms with van der Waals surface area (Å²) in [7, 11) is 0. The van der Waals surface area contributed by atoms with Gasteiger partial charge in [-0.15, -0.1) is 0 Å². The van der Waals surface area contributed by atoms with Gasteiger partial charge in [0.15, 0.2) is 0 Å². The van der Waals surface area contributed by atoms with E-state index in [4.69, 9.17) is 0 Å². The van der Waals surface area contributed by atoms with Crippen LogP contribution in [0.15, 0.2) is 36.9 Å². The van der Waals surface area contributed by atoms with Crippen LogP contribution in [0.2, 0.25) is 0 Å². The van der Waals surface area contributed by atoms with Crippen LogP contribution in [0.4, 0.5) is 5.69 Å². The molecule has 1 aromatic rings. The predicted molar refractivity (Wildman–Crippen MR) is 78.8 cm³/mol. The molecule has 0 bridgehead atoms. The number of amides is 1. The molecule has 2 aliphatic heterocycles. The van der Waals surface area contributed by atoms with E-state index in [9.17, 15) is 4.79 Å². The number of fused-ring (bicyclic) bond motifs is 1. The Labute approximate surface area is 118 Å². The zero-order valence-electron chi connectivity index (χ0n) is 11.4. The smallest absolute Gasteiger partial charge is 0.244 e. The summed E-state index contributed by atoms with van der Waals surface area (Å²) in [6, 6.07) is 8.65. The van der Waals surface area contributed by atoms with Gasteiger partial charge in [-0.3, -0.25) is 10.1 Å². The molecule has 3 rings (SSSR count). The number of hydrazine groups is 1. The summed E-state index contributed by atoms with van der Waals surface area (Å²) in [6.45, 7) is 4.40. The van der Waals surface area contributed by atoms with Gasteiger partial charge in [0.25, 0.3) is 0 Å². The van der Waals surface area contributed by atoms with Gasteiger partial charge in [-0.25, -0.2) is 5.43 Å². The molecule has 0 aromatic heterocycles. The molecule has 0 spiro atoms. The molecule has 1 fully saturated rings. The average molecular weight is 272 g/mol. The molecule has 1 amide bonds. The number of rotatable bonds is 3. The third-order valence-electron chi connectivity index (χ3n) is 4.08. The van der Waals surface area contributed by atoms with E-state index in [1.807, 2.05) is 6.07 Å². The zero-order chi connectivity index (χ0) is 13.9. The Hall–Kier alpha value is -1.85. The SMILES string of the molecule is C=CC(=O)NC1CC(C2NNc3ccccc32)CCN1. The van der Waals surface area contributed by atoms with Crippen LogP contribution in [-0.2, 0) is 4.79 Å². The van der Waals surface area contributed by atoms with E-state index in [1.165, 1.54) is 11.6 Å². The molecule has 1 saturated heterocycles. The van der Waals surface area contributed by atoms with Crippen molar-refractivity contribution in [1.29, 1.82) is 0 Å². The number of nitrogens with one attached hydrogen (secondary N) is 4. The fourth-order valence-electron chi connectivity index (χ4n) is 3.08. The minimum absolute atomic E-state index is 0.0220. The lowest BCUT2D eigenvalue weighted by Crippen LogP contribution is -2.51. The molecule has 1 aromatic carbocycles. The Balaban J connectivity index is 1.69. The predicted octanol–water partition coefficient (Wildman–Crippen LogP) is 1.29. The zero-order valence-corrected chi connectivity index (χ0v) is 11.4. The van der Waals surface area contributed by atoms with Gasteiger partial charge in [0.1, 0.15) is 0 Å². The highest BCUT2D eigenvalue weighted by atomic mass is 16.1. The van der Waals surface area contributed by atoms with Crippen molar-refractivity contribution in [2.24, 2.45) is 5.92 Å². The molecule has 3 atom stereocenters. The normalized spacial score (nSPS) is 28.3. The number of carbonyl (C=O) groups is 1. The second-order valence-corrected chi connectivity index (χ2v) is 5.34. The molecule has 4 N–H and O–H groups in total. The Bertz CT molecular complexity index is 516. The van der Waals surface area contributed by atoms with E-state index in [0.29, 0.717) is 12.0 Å². The lowest BCUT2D eigenvalue weighted by atomic mass is 9.85. The van der Waals surface area contributed by atoms with Crippen LogP contribution in [0, 0.1) is 5.92 Å². The fraction of sp³-hybridized carbons (Fsp3) is 0.400. The molecular weight excluding hydrogens is 252 g/mol. The van der Waals surface area contributed by atoms with Gasteiger partial charge in [-0.05, 0) is 43.0 Å². The standard InChI is InChI=1S/C15H20N4O/c1-2-14(20)17-13-9-10(7-8-16-13)15-11-5-3-4-6-12(11)18-19-15/h2-6,10,13,15-16,18-19H,1,7-9H2,(H,17,20). The molecule has 0 radical (unpaired) electrons. The maximum atomic E-state index is 11.4. The lowest BCUT2D eigenvalue weighted by molar-refractivity contribution is -0.117. The maximum absolute atomic E-state index is 11.4. The highest BCUT2D eigenvalue weighted by molar-refractivity contribution is 5.87. The number of para-hydroxylation sites is 1. The summed E-state index contributed by atoms with van der Waals surface area (Å²) < 4.78 is 0. The third kappa shape index (κ3) is 2.55. The molecule has 2 aliphatic rings. The quantitative estimate of drug-likeness (QED) is 0.626. The summed E-state index contributed by atoms with van der Waals surface area (Å²) in [5, 5.41) is 6.26. The molecule has 0 saturated carbocycles. The Kier molecular flexibility index (Phi) is 3.71. The van der Waals surface area contributed by atoms with E-state index in [2.05, 4.69) is 46.3 Å². The third-order valence-corrected chi connectivity index (χ3v) is 4.08. The van der Waals surface area contributed by atoms with Crippen LogP contribution >= 0.6 is 0 Å². The molecule has 5 nitrogen and oxygen atoms in total. The average Bonchev–Trinajstić information content (AvgIpc) is 2.91. The Morgan fingerprint density at radius 3 is 3.10 bits per heavy atom. The summed E-state index contributed by atoms with van der Waals surface area (Å²) in [6.07, 6.45) is 3.34. The van der Waals surface area contributed by atoms with Crippen LogP contribution in [0.5, 0.6) is 0 Å². The van der Waals surface area contributed by atoms with Crippen molar-refractivity contribution in [3.8, 4) is 0 Å². The number of hydrogen-bond donors (Lipinski definition) is 4. The Morgan fingerprint density at radius 1 is 1.40 bits per heavy atom. The van der Waals surface area contributed by atoms with Crippen LogP contribution in [0.25, 0.3) is 0 Å². The van der Waals surface area contributed by atoms with Gasteiger partial charge in [0.05, 0.1) is 17.9 Å². The van der Waals surface area contributed by atoms with Crippen molar-refractivity contribution in [2.75, 3.05) is 12.0 Å². The van der Waals surface area contributed by atoms with E-state index >= 15 is 0 Å². The summed E-state index contributed by atoms with van der Waals surface area (Å²) >= 11 is 0. The van der Waals surface area contributed by atoms with E-state index in [0.717, 1.165) is 25.1 Å². The van der Waals surface area contributed by atoms with Gasteiger partial charge in [-0.1, -0.05) is 24.8 Å². The van der Waals surface area contributed by atoms with Crippen molar-refractivity contribution in [1.82, 2.24) is 16.1 Å². The number of carbonyl (C=O) groups excluding carboxylic acids is 1. The minimum atomic E-state index is -0.124. The number of hydrogen-bond acceptors (Lipinski definition) is 4. The highest BCUT2D eigenvalue weighted by Gasteiger charge is 2.33. The first-order valence-electron chi connectivity index (χ1n) is 7.04. The summed E-state index contributed by atoms with van der Waals surface area (Å²) in [4.78, 5) is 11.4. The molecule has 5 heteroatoms. The second-order valence-electron chi connectivity index (χ2n) is 5.34. The second kappa shape index (κ2) is 5.64. The summed E-state index contributed by atoms with van der Waals surface area (Å²) in [5.41, 5.74) is 9.08. The van der Waals surface area contributed by atoms with Gasteiger partial charge in [0.2, 0.25) is 5.91 Å². The highest BCUT2D eigenvalue weighted by Crippen LogP contribution is 2.37. The monoisotopic (exact) mass is 272 g/mol. The van der Waals surface area contributed by atoms with Crippen LogP contribution < -0.4 is 21.5 Å². The lowest BCUT2D eigenvalue weighted by Gasteiger charge is -2.34. The van der Waals surface area contributed by atoms with E-state index < -0.39 is 0 Å². The molecule has 3 unspecified atom stereocenters. The van der Waals surface area contributed by atoms with Crippen molar-refractivity contribution in [3.05, 3.63) is 42.5 Å². The molecule has 0 aliphatic carbocycles. The number of benzene rings is 1. The van der Waals surface area contributed by atoms with Gasteiger partial charge in [0, 0.05) is 0 Å². The van der Waals surface area contributed by atoms with Crippen LogP contribution in [0.3, 0.4) is 0 Å². The van der Waals surface area contributed by atoms with Crippen molar-refractivity contribution in [2.45, 2.75) is 25.0 Å². The van der Waals surface area contributed by atoms with Crippen molar-refractivity contribution in [3.63, 3.8) is 0 Å². The van der Waals surface area contributed by atoms with Crippen LogP contribution in [0.1, 0.15) is 24.4 Å². The van der Waals surface area contributed by atoms with Crippen LogP contribution in [-0.4, -0.2) is 18.6 Å². The van der Waals surface area contributed by atoms with Crippen molar-refractivity contribution < 1.29 is 4.79 Å². The minimum Gasteiger partial charge on any atom is -0.337 e. The first kappa shape index (κ1) is 13.1. The topological polar surface area (TPSA) is 65.2 Å². The molecule has 106 valence electrons. The van der Waals surface area contributed by atoms with Crippen molar-refractivity contribution >= 4 is 11.6 Å². The molecule has 2 heterocycles. The number of anilines is 1. The first-order valence-corrected chi connectivity index (χ1v) is 7.04. The Morgan fingerprint density at radius 2 is 2.25 bits per heavy atom. The molecule has 20 heavy (non-hydrogen) atoms. The fourth-order valence-corrected chi connectivity index (χ4v) is 3.08. The van der Waals surface area contributed by atoms with Gasteiger partial charge < -0.3 is 10.7 Å². The number of piperidine rings is 1. The first-order chi connectivity index (χ1) is 9.78. The van der Waals surface area contributed by atoms with Gasteiger partial charge >= 0.3 is 0 Å². The van der Waals surface area contributed by atoms with E-state index in [-0.39, 0.29) is 12.1 Å². The largest absolute Gasteiger partial charge is 0.337 e. The summed E-state index contributed by atoms with van der Waals surface area (Å²) in [5.74, 6) is 0.364. The van der Waals surface area contributed by atoms with E-state index in [1.54, 1.807) is 0 Å².